The zero-order chi connectivity index (χ0) is 24.3. The number of benzene rings is 2. The van der Waals surface area contributed by atoms with E-state index in [0.717, 1.165) is 11.3 Å². The number of aromatic nitrogens is 2. The molecule has 0 saturated heterocycles. The Hall–Kier alpha value is -3.39. The Morgan fingerprint density at radius 2 is 1.61 bits per heavy atom. The third-order valence-corrected chi connectivity index (χ3v) is 5.60. The van der Waals surface area contributed by atoms with Crippen LogP contribution in [0.2, 0.25) is 0 Å². The molecule has 0 radical (unpaired) electrons. The van der Waals surface area contributed by atoms with E-state index >= 15 is 0 Å². The lowest BCUT2D eigenvalue weighted by atomic mass is 9.78. The fraction of sp³-hybridized carbons (Fsp3) is 0.158. The van der Waals surface area contributed by atoms with Crippen LogP contribution in [0.15, 0.2) is 30.3 Å². The van der Waals surface area contributed by atoms with Gasteiger partial charge in [-0.3, -0.25) is 15.2 Å². The smallest absolute Gasteiger partial charge is 0.322 e. The van der Waals surface area contributed by atoms with Gasteiger partial charge in [0.05, 0.1) is 12.0 Å². The monoisotopic (exact) mass is 503 g/mol. The average Bonchev–Trinajstić information content (AvgIpc) is 3.20. The molecule has 7 nitrogen and oxygen atoms in total. The highest BCUT2D eigenvalue weighted by Crippen LogP contribution is 2.39. The van der Waals surface area contributed by atoms with Gasteiger partial charge in [0.25, 0.3) is 0 Å². The van der Waals surface area contributed by atoms with Crippen LogP contribution in [0, 0.1) is 33.0 Å². The van der Waals surface area contributed by atoms with Crippen LogP contribution < -0.4 is 16.0 Å². The lowest BCUT2D eigenvalue weighted by Gasteiger charge is -2.36. The van der Waals surface area contributed by atoms with E-state index in [4.69, 9.17) is 12.2 Å². The minimum Gasteiger partial charge on any atom is -0.359 e. The van der Waals surface area contributed by atoms with Crippen molar-refractivity contribution in [3.05, 3.63) is 74.5 Å². The van der Waals surface area contributed by atoms with Crippen molar-refractivity contribution in [3.63, 3.8) is 0 Å². The lowest BCUT2D eigenvalue weighted by Crippen LogP contribution is -2.52. The van der Waals surface area contributed by atoms with E-state index in [9.17, 15) is 31.5 Å². The number of nitrogens with one attached hydrogen (secondary N) is 4. The van der Waals surface area contributed by atoms with E-state index < -0.39 is 58.5 Å². The molecule has 0 aliphatic carbocycles. The number of halogens is 5. The van der Waals surface area contributed by atoms with Gasteiger partial charge < -0.3 is 10.6 Å². The van der Waals surface area contributed by atoms with Crippen LogP contribution >= 0.6 is 23.6 Å². The second-order valence-corrected chi connectivity index (χ2v) is 8.23. The number of amides is 3. The molecule has 3 rings (SSSR count). The highest BCUT2D eigenvalue weighted by atomic mass is 32.1. The van der Waals surface area contributed by atoms with Crippen LogP contribution in [0.3, 0.4) is 0 Å². The molecule has 4 N–H and O–H groups in total. The van der Waals surface area contributed by atoms with Gasteiger partial charge in [0.2, 0.25) is 16.9 Å². The predicted molar refractivity (Wildman–Crippen MR) is 112 cm³/mol. The van der Waals surface area contributed by atoms with Gasteiger partial charge in [-0.05, 0) is 17.8 Å². The molecule has 0 aliphatic rings. The van der Waals surface area contributed by atoms with Gasteiger partial charge in [-0.15, -0.1) is 5.10 Å². The maximum Gasteiger partial charge on any atom is 0.322 e. The van der Waals surface area contributed by atoms with E-state index in [2.05, 4.69) is 26.1 Å². The minimum absolute atomic E-state index is 0.0446. The Morgan fingerprint density at radius 3 is 2.12 bits per heavy atom. The van der Waals surface area contributed by atoms with Crippen molar-refractivity contribution in [1.29, 1.82) is 0 Å². The van der Waals surface area contributed by atoms with Crippen molar-refractivity contribution in [2.45, 2.75) is 12.0 Å². The second kappa shape index (κ2) is 9.62. The fourth-order valence-corrected chi connectivity index (χ4v) is 3.94. The molecule has 3 amide bonds. The third kappa shape index (κ3) is 4.71. The molecule has 174 valence electrons. The number of carbonyl (C=O) groups excluding carboxylic acids is 2. The fourth-order valence-electron chi connectivity index (χ4n) is 3.15. The summed E-state index contributed by atoms with van der Waals surface area (Å²) in [5, 5.41) is 12.7. The molecule has 14 heteroatoms. The maximum absolute atomic E-state index is 15.0. The van der Waals surface area contributed by atoms with Crippen molar-refractivity contribution in [3.8, 4) is 0 Å². The summed E-state index contributed by atoms with van der Waals surface area (Å²) in [6, 6.07) is 5.70. The van der Waals surface area contributed by atoms with Gasteiger partial charge in [0.1, 0.15) is 5.54 Å². The molecule has 0 bridgehead atoms. The summed E-state index contributed by atoms with van der Waals surface area (Å²) in [4.78, 5) is 25.1. The standard InChI is InChI=1S/C19H14F5N5O2S2/c1-25-9(30)7-19(8-5-3-2-4-6-8,27-16(31)26-17-28-29-18(32)33-17)10-11(20)13(22)15(24)14(23)12(10)21/h2-6H,7H2,1H3,(H,25,30)(H,29,32)(H2,26,27,28,31)/t19-/m0/s1. The molecule has 0 aliphatic heterocycles. The molecule has 1 atom stereocenters. The molecule has 0 unspecified atom stereocenters. The van der Waals surface area contributed by atoms with Gasteiger partial charge >= 0.3 is 6.03 Å². The first-order valence-electron chi connectivity index (χ1n) is 9.03. The molecule has 33 heavy (non-hydrogen) atoms. The predicted octanol–water partition coefficient (Wildman–Crippen LogP) is 4.10. The van der Waals surface area contributed by atoms with E-state index in [0.29, 0.717) is 0 Å². The van der Waals surface area contributed by atoms with Crippen LogP contribution in [-0.2, 0) is 10.3 Å². The van der Waals surface area contributed by atoms with Crippen molar-refractivity contribution in [1.82, 2.24) is 20.8 Å². The van der Waals surface area contributed by atoms with Gasteiger partial charge in [0.15, 0.2) is 27.2 Å². The Balaban J connectivity index is 2.28. The molecule has 1 aromatic heterocycles. The van der Waals surface area contributed by atoms with Crippen LogP contribution in [0.5, 0.6) is 0 Å². The summed E-state index contributed by atoms with van der Waals surface area (Å²) in [5.41, 5.74) is -4.03. The van der Waals surface area contributed by atoms with E-state index in [-0.39, 0.29) is 14.6 Å². The molecular formula is C19H14F5N5O2S2. The summed E-state index contributed by atoms with van der Waals surface area (Å²) in [6.07, 6.45) is -0.907. The van der Waals surface area contributed by atoms with Gasteiger partial charge in [-0.2, -0.15) is 0 Å². The first-order chi connectivity index (χ1) is 15.6. The summed E-state index contributed by atoms with van der Waals surface area (Å²) >= 11 is 5.70. The highest BCUT2D eigenvalue weighted by Gasteiger charge is 2.45. The molecule has 0 spiro atoms. The largest absolute Gasteiger partial charge is 0.359 e. The number of urea groups is 1. The number of hydrogen-bond acceptors (Lipinski definition) is 5. The first-order valence-corrected chi connectivity index (χ1v) is 10.3. The SMILES string of the molecule is CNC(=O)C[C@](NC(=O)Nc1n[nH]c(=S)s1)(c1ccccc1)c1c(F)c(F)c(F)c(F)c1F. The van der Waals surface area contributed by atoms with Crippen molar-refractivity contribution in [2.75, 3.05) is 12.4 Å². The molecular weight excluding hydrogens is 489 g/mol. The topological polar surface area (TPSA) is 98.9 Å². The van der Waals surface area contributed by atoms with Gasteiger partial charge in [-0.25, -0.2) is 26.7 Å². The molecule has 3 aromatic rings. The lowest BCUT2D eigenvalue weighted by molar-refractivity contribution is -0.121. The number of aromatic amines is 1. The normalized spacial score (nSPS) is 12.7. The van der Waals surface area contributed by atoms with Crippen LogP contribution in [0.25, 0.3) is 0 Å². The number of anilines is 1. The Bertz CT molecular complexity index is 1240. The van der Waals surface area contributed by atoms with E-state index in [1.807, 2.05) is 0 Å². The second-order valence-electron chi connectivity index (χ2n) is 6.56. The number of hydrogen-bond donors (Lipinski definition) is 4. The summed E-state index contributed by atoms with van der Waals surface area (Å²) < 4.78 is 72.2. The van der Waals surface area contributed by atoms with Crippen LogP contribution in [-0.4, -0.2) is 29.2 Å². The Labute approximate surface area is 192 Å². The number of rotatable bonds is 6. The minimum atomic E-state index is -2.51. The summed E-state index contributed by atoms with van der Waals surface area (Å²) in [5.74, 6) is -12.1. The van der Waals surface area contributed by atoms with Gasteiger partial charge in [-0.1, -0.05) is 41.7 Å². The van der Waals surface area contributed by atoms with Crippen molar-refractivity contribution < 1.29 is 31.5 Å². The van der Waals surface area contributed by atoms with Crippen LogP contribution in [0.1, 0.15) is 17.5 Å². The van der Waals surface area contributed by atoms with Crippen molar-refractivity contribution in [2.24, 2.45) is 0 Å². The average molecular weight is 503 g/mol. The van der Waals surface area contributed by atoms with Gasteiger partial charge in [0, 0.05) is 7.05 Å². The zero-order valence-electron chi connectivity index (χ0n) is 16.6. The number of carbonyl (C=O) groups is 2. The molecule has 2 aromatic carbocycles. The van der Waals surface area contributed by atoms with Crippen molar-refractivity contribution >= 4 is 40.6 Å². The third-order valence-electron chi connectivity index (χ3n) is 4.59. The molecule has 1 heterocycles. The Kier molecular flexibility index (Phi) is 7.07. The zero-order valence-corrected chi connectivity index (χ0v) is 18.2. The maximum atomic E-state index is 15.0. The van der Waals surface area contributed by atoms with E-state index in [1.54, 1.807) is 0 Å². The Morgan fingerprint density at radius 1 is 1.03 bits per heavy atom. The molecule has 0 fully saturated rings. The molecule has 0 saturated carbocycles. The number of nitrogens with zero attached hydrogens (tertiary/aromatic N) is 1. The summed E-state index contributed by atoms with van der Waals surface area (Å²) in [6.45, 7) is 0. The van der Waals surface area contributed by atoms with Crippen LogP contribution in [0.4, 0.5) is 31.9 Å². The van der Waals surface area contributed by atoms with E-state index in [1.165, 1.54) is 37.4 Å². The highest BCUT2D eigenvalue weighted by molar-refractivity contribution is 7.73. The number of H-pyrrole nitrogens is 1. The quantitative estimate of drug-likeness (QED) is 0.176. The summed E-state index contributed by atoms with van der Waals surface area (Å²) in [7, 11) is 1.20. The first kappa shape index (κ1) is 24.3.